The zero-order chi connectivity index (χ0) is 13.1. The number of benzene rings is 1. The lowest BCUT2D eigenvalue weighted by Gasteiger charge is -2.15. The molecule has 18 heavy (non-hydrogen) atoms. The van der Waals surface area contributed by atoms with Gasteiger partial charge >= 0.3 is 0 Å². The second kappa shape index (κ2) is 6.04. The normalized spacial score (nSPS) is 12.7. The predicted octanol–water partition coefficient (Wildman–Crippen LogP) is 4.11. The predicted molar refractivity (Wildman–Crippen MR) is 79.3 cm³/mol. The molecule has 0 aliphatic carbocycles. The number of nitrogens with two attached hydrogens (primary N) is 1. The SMILES string of the molecule is Cc1ccc(CC(NN)c2cc(Cl)sc2Cl)cc1. The lowest BCUT2D eigenvalue weighted by molar-refractivity contribution is 0.553. The summed E-state index contributed by atoms with van der Waals surface area (Å²) in [6.45, 7) is 2.07. The first-order valence-electron chi connectivity index (χ1n) is 5.56. The fourth-order valence-electron chi connectivity index (χ4n) is 1.81. The Labute approximate surface area is 121 Å². The summed E-state index contributed by atoms with van der Waals surface area (Å²) in [4.78, 5) is 0. The molecule has 0 amide bonds. The number of hydrogen-bond acceptors (Lipinski definition) is 3. The lowest BCUT2D eigenvalue weighted by Crippen LogP contribution is -2.29. The zero-order valence-corrected chi connectivity index (χ0v) is 12.2. The van der Waals surface area contributed by atoms with E-state index in [9.17, 15) is 0 Å². The van der Waals surface area contributed by atoms with Crippen LogP contribution in [-0.4, -0.2) is 0 Å². The minimum Gasteiger partial charge on any atom is -0.271 e. The summed E-state index contributed by atoms with van der Waals surface area (Å²) in [6.07, 6.45) is 0.781. The van der Waals surface area contributed by atoms with Crippen LogP contribution in [0.2, 0.25) is 8.67 Å². The Morgan fingerprint density at radius 1 is 1.28 bits per heavy atom. The van der Waals surface area contributed by atoms with Gasteiger partial charge in [-0.25, -0.2) is 0 Å². The fourth-order valence-corrected chi connectivity index (χ4v) is 3.39. The van der Waals surface area contributed by atoms with E-state index < -0.39 is 0 Å². The van der Waals surface area contributed by atoms with E-state index >= 15 is 0 Å². The number of hydrogen-bond donors (Lipinski definition) is 2. The van der Waals surface area contributed by atoms with Crippen molar-refractivity contribution in [3.8, 4) is 0 Å². The largest absolute Gasteiger partial charge is 0.271 e. The van der Waals surface area contributed by atoms with Gasteiger partial charge in [0.15, 0.2) is 0 Å². The molecule has 1 heterocycles. The van der Waals surface area contributed by atoms with Gasteiger partial charge in [0.05, 0.1) is 14.7 Å². The van der Waals surface area contributed by atoms with E-state index in [1.807, 2.05) is 6.07 Å². The van der Waals surface area contributed by atoms with Crippen LogP contribution < -0.4 is 11.3 Å². The summed E-state index contributed by atoms with van der Waals surface area (Å²) in [5.74, 6) is 5.61. The first kappa shape index (κ1) is 13.8. The van der Waals surface area contributed by atoms with E-state index in [2.05, 4.69) is 36.6 Å². The number of hydrazine groups is 1. The average Bonchev–Trinajstić information content (AvgIpc) is 2.68. The van der Waals surface area contributed by atoms with Crippen molar-refractivity contribution in [1.29, 1.82) is 0 Å². The molecule has 0 radical (unpaired) electrons. The van der Waals surface area contributed by atoms with Crippen LogP contribution in [0.3, 0.4) is 0 Å². The first-order valence-corrected chi connectivity index (χ1v) is 7.14. The highest BCUT2D eigenvalue weighted by Gasteiger charge is 2.16. The van der Waals surface area contributed by atoms with Crippen LogP contribution in [0.15, 0.2) is 30.3 Å². The molecule has 1 unspecified atom stereocenters. The van der Waals surface area contributed by atoms with Gasteiger partial charge < -0.3 is 0 Å². The molecular weight excluding hydrogens is 287 g/mol. The van der Waals surface area contributed by atoms with Gasteiger partial charge in [0.25, 0.3) is 0 Å². The van der Waals surface area contributed by atoms with E-state index in [4.69, 9.17) is 29.0 Å². The smallest absolute Gasteiger partial charge is 0.0992 e. The van der Waals surface area contributed by atoms with Crippen molar-refractivity contribution in [3.63, 3.8) is 0 Å². The highest BCUT2D eigenvalue weighted by atomic mass is 35.5. The Balaban J connectivity index is 2.19. The molecule has 0 bridgehead atoms. The molecule has 1 aromatic heterocycles. The van der Waals surface area contributed by atoms with Crippen molar-refractivity contribution in [2.45, 2.75) is 19.4 Å². The van der Waals surface area contributed by atoms with Crippen molar-refractivity contribution in [3.05, 3.63) is 55.7 Å². The molecule has 2 aromatic rings. The molecule has 0 aliphatic heterocycles. The summed E-state index contributed by atoms with van der Waals surface area (Å²) in [5, 5.41) is 0. The Hall–Kier alpha value is -0.580. The highest BCUT2D eigenvalue weighted by molar-refractivity contribution is 7.20. The summed E-state index contributed by atoms with van der Waals surface area (Å²) in [5.41, 5.74) is 6.21. The van der Waals surface area contributed by atoms with Crippen LogP contribution in [0.5, 0.6) is 0 Å². The summed E-state index contributed by atoms with van der Waals surface area (Å²) in [7, 11) is 0. The van der Waals surface area contributed by atoms with Crippen molar-refractivity contribution in [1.82, 2.24) is 5.43 Å². The third-order valence-electron chi connectivity index (χ3n) is 2.82. The second-order valence-electron chi connectivity index (χ2n) is 4.19. The minimum absolute atomic E-state index is 0.0241. The van der Waals surface area contributed by atoms with Crippen LogP contribution >= 0.6 is 34.5 Å². The Morgan fingerprint density at radius 3 is 2.44 bits per heavy atom. The van der Waals surface area contributed by atoms with E-state index in [0.29, 0.717) is 8.67 Å². The van der Waals surface area contributed by atoms with Crippen LogP contribution in [-0.2, 0) is 6.42 Å². The van der Waals surface area contributed by atoms with Gasteiger partial charge in [-0.15, -0.1) is 11.3 Å². The molecule has 0 aliphatic rings. The van der Waals surface area contributed by atoms with E-state index in [-0.39, 0.29) is 6.04 Å². The Bertz CT molecular complexity index is 522. The molecule has 0 saturated heterocycles. The molecule has 1 atom stereocenters. The zero-order valence-electron chi connectivity index (χ0n) is 9.91. The van der Waals surface area contributed by atoms with E-state index in [1.54, 1.807) is 0 Å². The van der Waals surface area contributed by atoms with Crippen molar-refractivity contribution >= 4 is 34.5 Å². The molecule has 96 valence electrons. The third kappa shape index (κ3) is 3.25. The van der Waals surface area contributed by atoms with Gasteiger partial charge in [-0.1, -0.05) is 53.0 Å². The van der Waals surface area contributed by atoms with Gasteiger partial charge in [0.1, 0.15) is 0 Å². The van der Waals surface area contributed by atoms with E-state index in [0.717, 1.165) is 12.0 Å². The van der Waals surface area contributed by atoms with Gasteiger partial charge in [0, 0.05) is 5.56 Å². The molecule has 3 N–H and O–H groups in total. The monoisotopic (exact) mass is 300 g/mol. The summed E-state index contributed by atoms with van der Waals surface area (Å²) in [6, 6.07) is 10.2. The standard InChI is InChI=1S/C13H14Cl2N2S/c1-8-2-4-9(5-3-8)6-11(17-16)10-7-12(14)18-13(10)15/h2-5,7,11,17H,6,16H2,1H3. The summed E-state index contributed by atoms with van der Waals surface area (Å²) < 4.78 is 1.37. The molecule has 0 fully saturated rings. The molecule has 0 spiro atoms. The molecule has 1 aromatic carbocycles. The Morgan fingerprint density at radius 2 is 1.94 bits per heavy atom. The van der Waals surface area contributed by atoms with Crippen LogP contribution in [0, 0.1) is 6.92 Å². The quantitative estimate of drug-likeness (QED) is 0.659. The molecule has 5 heteroatoms. The maximum atomic E-state index is 6.15. The molecule has 2 nitrogen and oxygen atoms in total. The highest BCUT2D eigenvalue weighted by Crippen LogP contribution is 2.35. The van der Waals surface area contributed by atoms with Crippen LogP contribution in [0.25, 0.3) is 0 Å². The lowest BCUT2D eigenvalue weighted by atomic mass is 10.0. The van der Waals surface area contributed by atoms with Gasteiger partial charge in [-0.05, 0) is 25.0 Å². The minimum atomic E-state index is -0.0241. The maximum absolute atomic E-state index is 6.15. The van der Waals surface area contributed by atoms with Crippen molar-refractivity contribution in [2.24, 2.45) is 5.84 Å². The number of nitrogens with one attached hydrogen (secondary N) is 1. The van der Waals surface area contributed by atoms with Gasteiger partial charge in [-0.2, -0.15) is 0 Å². The second-order valence-corrected chi connectivity index (χ2v) is 6.47. The number of thiophene rings is 1. The molecule has 0 saturated carbocycles. The fraction of sp³-hybridized carbons (Fsp3) is 0.231. The van der Waals surface area contributed by atoms with Crippen molar-refractivity contribution < 1.29 is 0 Å². The Kier molecular flexibility index (Phi) is 4.65. The summed E-state index contributed by atoms with van der Waals surface area (Å²) >= 11 is 13.5. The van der Waals surface area contributed by atoms with E-state index in [1.165, 1.54) is 22.5 Å². The first-order chi connectivity index (χ1) is 8.60. The maximum Gasteiger partial charge on any atom is 0.0992 e. The number of aryl methyl sites for hydroxylation is 1. The van der Waals surface area contributed by atoms with Gasteiger partial charge in [0.2, 0.25) is 0 Å². The molecular formula is C13H14Cl2N2S. The third-order valence-corrected chi connectivity index (χ3v) is 4.34. The van der Waals surface area contributed by atoms with Crippen LogP contribution in [0.4, 0.5) is 0 Å². The number of halogens is 2. The number of rotatable bonds is 4. The topological polar surface area (TPSA) is 38.0 Å². The molecule has 2 rings (SSSR count). The van der Waals surface area contributed by atoms with Crippen molar-refractivity contribution in [2.75, 3.05) is 0 Å². The average molecular weight is 301 g/mol. The van der Waals surface area contributed by atoms with Crippen LogP contribution in [0.1, 0.15) is 22.7 Å². The van der Waals surface area contributed by atoms with Gasteiger partial charge in [-0.3, -0.25) is 11.3 Å².